The van der Waals surface area contributed by atoms with Crippen molar-refractivity contribution in [2.24, 2.45) is 7.05 Å². The van der Waals surface area contributed by atoms with Gasteiger partial charge in [0.1, 0.15) is 0 Å². The topological polar surface area (TPSA) is 89.8 Å². The van der Waals surface area contributed by atoms with E-state index in [9.17, 15) is 8.42 Å². The summed E-state index contributed by atoms with van der Waals surface area (Å²) in [5.41, 5.74) is 0.376. The molecule has 0 aromatic carbocycles. The van der Waals surface area contributed by atoms with Crippen LogP contribution >= 0.6 is 15.9 Å². The number of aryl methyl sites for hydroxylation is 1. The lowest BCUT2D eigenvalue weighted by Gasteiger charge is -2.06. The Morgan fingerprint density at radius 3 is 2.76 bits per heavy atom. The molecule has 0 aliphatic heterocycles. The molecule has 2 heterocycles. The zero-order valence-electron chi connectivity index (χ0n) is 8.70. The number of aromatic nitrogens is 4. The number of pyridine rings is 1. The minimum Gasteiger partial charge on any atom is -0.277 e. The summed E-state index contributed by atoms with van der Waals surface area (Å²) in [6.45, 7) is 0. The van der Waals surface area contributed by atoms with E-state index in [4.69, 9.17) is 0 Å². The van der Waals surface area contributed by atoms with Gasteiger partial charge in [-0.3, -0.25) is 9.71 Å². The lowest BCUT2D eigenvalue weighted by atomic mass is 10.4. The van der Waals surface area contributed by atoms with Gasteiger partial charge in [-0.25, -0.2) is 4.68 Å². The van der Waals surface area contributed by atoms with Crippen molar-refractivity contribution < 1.29 is 8.42 Å². The van der Waals surface area contributed by atoms with Crippen LogP contribution in [-0.4, -0.2) is 28.4 Å². The molecule has 90 valence electrons. The molecule has 0 bridgehead atoms. The zero-order valence-corrected chi connectivity index (χ0v) is 11.1. The van der Waals surface area contributed by atoms with Crippen molar-refractivity contribution in [1.82, 2.24) is 20.0 Å². The summed E-state index contributed by atoms with van der Waals surface area (Å²) < 4.78 is 27.8. The molecule has 0 amide bonds. The van der Waals surface area contributed by atoms with Crippen LogP contribution in [0.3, 0.4) is 0 Å². The van der Waals surface area contributed by atoms with Gasteiger partial charge in [-0.1, -0.05) is 5.21 Å². The van der Waals surface area contributed by atoms with Crippen molar-refractivity contribution in [2.45, 2.75) is 5.03 Å². The SMILES string of the molecule is Cn1nnc(Br)c1S(=O)(=O)Nc1cccnc1. The van der Waals surface area contributed by atoms with Crippen LogP contribution in [0.15, 0.2) is 34.2 Å². The van der Waals surface area contributed by atoms with Gasteiger partial charge < -0.3 is 0 Å². The van der Waals surface area contributed by atoms with E-state index in [1.54, 1.807) is 18.3 Å². The predicted octanol–water partition coefficient (Wildman–Crippen LogP) is 0.773. The maximum Gasteiger partial charge on any atom is 0.281 e. The number of nitrogens with one attached hydrogen (secondary N) is 1. The molecule has 7 nitrogen and oxygen atoms in total. The average molecular weight is 318 g/mol. The van der Waals surface area contributed by atoms with Gasteiger partial charge in [0.25, 0.3) is 10.0 Å². The number of anilines is 1. The summed E-state index contributed by atoms with van der Waals surface area (Å²) >= 11 is 3.04. The van der Waals surface area contributed by atoms with Crippen LogP contribution in [-0.2, 0) is 17.1 Å². The van der Waals surface area contributed by atoms with Crippen molar-refractivity contribution >= 4 is 31.6 Å². The lowest BCUT2D eigenvalue weighted by molar-refractivity contribution is 0.578. The Bertz CT molecular complexity index is 605. The van der Waals surface area contributed by atoms with Gasteiger partial charge in [0.2, 0.25) is 5.03 Å². The number of halogens is 1. The van der Waals surface area contributed by atoms with Crippen LogP contribution < -0.4 is 4.72 Å². The minimum atomic E-state index is -3.73. The van der Waals surface area contributed by atoms with E-state index in [1.807, 2.05) is 0 Å². The van der Waals surface area contributed by atoms with Gasteiger partial charge in [-0.15, -0.1) is 5.10 Å². The molecule has 0 saturated carbocycles. The van der Waals surface area contributed by atoms with Crippen LogP contribution in [0, 0.1) is 0 Å². The Labute approximate surface area is 106 Å². The molecule has 2 aromatic rings. The van der Waals surface area contributed by atoms with Gasteiger partial charge in [0, 0.05) is 13.2 Å². The molecule has 0 atom stereocenters. The van der Waals surface area contributed by atoms with Crippen LogP contribution in [0.1, 0.15) is 0 Å². The number of hydrogen-bond donors (Lipinski definition) is 1. The maximum absolute atomic E-state index is 12.0. The fraction of sp³-hybridized carbons (Fsp3) is 0.125. The Morgan fingerprint density at radius 2 is 2.24 bits per heavy atom. The van der Waals surface area contributed by atoms with E-state index in [0.717, 1.165) is 0 Å². The first-order valence-corrected chi connectivity index (χ1v) is 6.76. The summed E-state index contributed by atoms with van der Waals surface area (Å²) in [5, 5.41) is 7.19. The van der Waals surface area contributed by atoms with Crippen LogP contribution in [0.5, 0.6) is 0 Å². The van der Waals surface area contributed by atoms with E-state index >= 15 is 0 Å². The average Bonchev–Trinajstić information content (AvgIpc) is 2.59. The molecule has 0 radical (unpaired) electrons. The first kappa shape index (κ1) is 12.0. The highest BCUT2D eigenvalue weighted by Crippen LogP contribution is 2.20. The molecule has 0 fully saturated rings. The van der Waals surface area contributed by atoms with Gasteiger partial charge >= 0.3 is 0 Å². The summed E-state index contributed by atoms with van der Waals surface area (Å²) in [5.74, 6) is 0. The second-order valence-electron chi connectivity index (χ2n) is 3.16. The predicted molar refractivity (Wildman–Crippen MR) is 63.7 cm³/mol. The Morgan fingerprint density at radius 1 is 1.47 bits per heavy atom. The normalized spacial score (nSPS) is 11.4. The molecule has 9 heteroatoms. The van der Waals surface area contributed by atoms with Crippen molar-refractivity contribution in [3.05, 3.63) is 29.1 Å². The highest BCUT2D eigenvalue weighted by molar-refractivity contribution is 9.10. The van der Waals surface area contributed by atoms with Crippen LogP contribution in [0.2, 0.25) is 0 Å². The van der Waals surface area contributed by atoms with E-state index in [0.29, 0.717) is 5.69 Å². The van der Waals surface area contributed by atoms with Gasteiger partial charge in [0.15, 0.2) is 4.60 Å². The van der Waals surface area contributed by atoms with E-state index in [-0.39, 0.29) is 9.63 Å². The van der Waals surface area contributed by atoms with E-state index in [2.05, 4.69) is 35.9 Å². The van der Waals surface area contributed by atoms with Crippen LogP contribution in [0.25, 0.3) is 0 Å². The number of rotatable bonds is 3. The first-order chi connectivity index (χ1) is 8.00. The zero-order chi connectivity index (χ0) is 12.5. The van der Waals surface area contributed by atoms with Crippen molar-refractivity contribution in [3.63, 3.8) is 0 Å². The second-order valence-corrected chi connectivity index (χ2v) is 5.51. The molecule has 1 N–H and O–H groups in total. The molecular formula is C8H8BrN5O2S. The molecule has 0 unspecified atom stereocenters. The quantitative estimate of drug-likeness (QED) is 0.903. The fourth-order valence-electron chi connectivity index (χ4n) is 1.23. The third-order valence-electron chi connectivity index (χ3n) is 1.91. The third-order valence-corrected chi connectivity index (χ3v) is 4.17. The molecule has 0 aliphatic carbocycles. The van der Waals surface area contributed by atoms with Crippen molar-refractivity contribution in [3.8, 4) is 0 Å². The molecule has 0 aliphatic rings. The standard InChI is InChI=1S/C8H8BrN5O2S/c1-14-8(7(9)11-13-14)17(15,16)12-6-3-2-4-10-5-6/h2-5,12H,1H3. The second kappa shape index (κ2) is 4.41. The number of sulfonamides is 1. The van der Waals surface area contributed by atoms with E-state index < -0.39 is 10.0 Å². The van der Waals surface area contributed by atoms with Gasteiger partial charge in [0.05, 0.1) is 11.9 Å². The Hall–Kier alpha value is -1.48. The molecule has 0 saturated heterocycles. The number of nitrogens with zero attached hydrogens (tertiary/aromatic N) is 4. The molecule has 2 rings (SSSR count). The molecular weight excluding hydrogens is 310 g/mol. The summed E-state index contributed by atoms with van der Waals surface area (Å²) in [6, 6.07) is 3.23. The smallest absolute Gasteiger partial charge is 0.277 e. The third kappa shape index (κ3) is 2.44. The summed E-state index contributed by atoms with van der Waals surface area (Å²) in [4.78, 5) is 3.82. The molecule has 17 heavy (non-hydrogen) atoms. The summed E-state index contributed by atoms with van der Waals surface area (Å²) in [6.07, 6.45) is 2.97. The van der Waals surface area contributed by atoms with Gasteiger partial charge in [-0.05, 0) is 28.1 Å². The summed E-state index contributed by atoms with van der Waals surface area (Å²) in [7, 11) is -2.23. The monoisotopic (exact) mass is 317 g/mol. The van der Waals surface area contributed by atoms with E-state index in [1.165, 1.54) is 17.9 Å². The van der Waals surface area contributed by atoms with Crippen LogP contribution in [0.4, 0.5) is 5.69 Å². The van der Waals surface area contributed by atoms with Gasteiger partial charge in [-0.2, -0.15) is 8.42 Å². The Kier molecular flexibility index (Phi) is 3.11. The molecule has 2 aromatic heterocycles. The molecule has 0 spiro atoms. The fourth-order valence-corrected chi connectivity index (χ4v) is 3.38. The lowest BCUT2D eigenvalue weighted by Crippen LogP contribution is -2.17. The Balaban J connectivity index is 2.39. The first-order valence-electron chi connectivity index (χ1n) is 4.49. The maximum atomic E-state index is 12.0. The highest BCUT2D eigenvalue weighted by atomic mass is 79.9. The minimum absolute atomic E-state index is 0.0404. The largest absolute Gasteiger partial charge is 0.281 e. The van der Waals surface area contributed by atoms with Crippen molar-refractivity contribution in [2.75, 3.05) is 4.72 Å². The van der Waals surface area contributed by atoms with Crippen molar-refractivity contribution in [1.29, 1.82) is 0 Å². The highest BCUT2D eigenvalue weighted by Gasteiger charge is 2.23. The number of hydrogen-bond acceptors (Lipinski definition) is 5.